The van der Waals surface area contributed by atoms with Gasteiger partial charge in [0, 0.05) is 55.6 Å². The summed E-state index contributed by atoms with van der Waals surface area (Å²) in [5.41, 5.74) is 2.85. The van der Waals surface area contributed by atoms with Crippen LogP contribution in [-0.4, -0.2) is 66.9 Å². The second kappa shape index (κ2) is 7.85. The molecule has 3 aliphatic rings. The maximum atomic E-state index is 9.12. The SMILES string of the molecule is OCCN1CCN(CC2CC3c4ccccc4Sc4sccc4C3O2)CC1. The summed E-state index contributed by atoms with van der Waals surface area (Å²) < 4.78 is 8.06. The monoisotopic (exact) mass is 402 g/mol. The standard InChI is InChI=1S/C21H26N2O2S2/c24-11-10-22-6-8-23(9-7-22)14-15-13-18-16-3-1-2-4-19(16)27-21-17(5-12-26-21)20(18)25-15/h1-5,12,15,18,20,24H,6-11,13-14H2. The van der Waals surface area contributed by atoms with Crippen LogP contribution in [0.4, 0.5) is 0 Å². The highest BCUT2D eigenvalue weighted by Gasteiger charge is 2.42. The van der Waals surface area contributed by atoms with Crippen LogP contribution in [-0.2, 0) is 4.74 Å². The first-order valence-corrected chi connectivity index (χ1v) is 11.6. The minimum absolute atomic E-state index is 0.197. The van der Waals surface area contributed by atoms with E-state index in [1.54, 1.807) is 0 Å². The fraction of sp³-hybridized carbons (Fsp3) is 0.524. The zero-order chi connectivity index (χ0) is 18.2. The molecule has 3 unspecified atom stereocenters. The van der Waals surface area contributed by atoms with Crippen LogP contribution in [0.3, 0.4) is 0 Å². The Morgan fingerprint density at radius 1 is 1.04 bits per heavy atom. The highest BCUT2D eigenvalue weighted by atomic mass is 32.2. The summed E-state index contributed by atoms with van der Waals surface area (Å²) in [6.45, 7) is 6.33. The van der Waals surface area contributed by atoms with Crippen molar-refractivity contribution in [1.29, 1.82) is 0 Å². The Morgan fingerprint density at radius 3 is 2.70 bits per heavy atom. The predicted octanol–water partition coefficient (Wildman–Crippen LogP) is 3.44. The van der Waals surface area contributed by atoms with Gasteiger partial charge in [-0.05, 0) is 29.5 Å². The molecule has 0 aliphatic carbocycles. The van der Waals surface area contributed by atoms with E-state index in [0.29, 0.717) is 12.0 Å². The number of nitrogens with zero attached hydrogens (tertiary/aromatic N) is 2. The van der Waals surface area contributed by atoms with Crippen molar-refractivity contribution in [3.05, 3.63) is 46.8 Å². The van der Waals surface area contributed by atoms with Crippen LogP contribution < -0.4 is 0 Å². The van der Waals surface area contributed by atoms with Crippen LogP contribution in [0.15, 0.2) is 44.8 Å². The number of piperazine rings is 1. The molecular formula is C21H26N2O2S2. The van der Waals surface area contributed by atoms with E-state index in [2.05, 4.69) is 45.5 Å². The quantitative estimate of drug-likeness (QED) is 0.848. The Bertz CT molecular complexity index is 788. The molecule has 0 bridgehead atoms. The molecule has 1 N–H and O–H groups in total. The van der Waals surface area contributed by atoms with Gasteiger partial charge in [0.2, 0.25) is 0 Å². The normalized spacial score (nSPS) is 28.4. The average Bonchev–Trinajstić information content (AvgIpc) is 3.28. The minimum Gasteiger partial charge on any atom is -0.395 e. The van der Waals surface area contributed by atoms with Crippen molar-refractivity contribution >= 4 is 23.1 Å². The molecule has 3 atom stereocenters. The van der Waals surface area contributed by atoms with Crippen molar-refractivity contribution < 1.29 is 9.84 Å². The fourth-order valence-corrected chi connectivity index (χ4v) is 6.94. The van der Waals surface area contributed by atoms with Crippen LogP contribution in [0.25, 0.3) is 0 Å². The lowest BCUT2D eigenvalue weighted by molar-refractivity contribution is 0.00738. The van der Waals surface area contributed by atoms with Crippen LogP contribution in [0.5, 0.6) is 0 Å². The Morgan fingerprint density at radius 2 is 1.85 bits per heavy atom. The van der Waals surface area contributed by atoms with E-state index < -0.39 is 0 Å². The van der Waals surface area contributed by atoms with Gasteiger partial charge in [-0.1, -0.05) is 30.0 Å². The maximum Gasteiger partial charge on any atom is 0.0918 e. The van der Waals surface area contributed by atoms with Gasteiger partial charge in [-0.15, -0.1) is 11.3 Å². The summed E-state index contributed by atoms with van der Waals surface area (Å²) in [6.07, 6.45) is 1.60. The second-order valence-electron chi connectivity index (χ2n) is 7.69. The first-order valence-electron chi connectivity index (χ1n) is 9.87. The molecule has 2 fully saturated rings. The molecule has 0 amide bonds. The molecule has 0 radical (unpaired) electrons. The molecule has 3 aliphatic heterocycles. The van der Waals surface area contributed by atoms with E-state index in [-0.39, 0.29) is 12.7 Å². The third-order valence-corrected chi connectivity index (χ3v) is 8.32. The van der Waals surface area contributed by atoms with Gasteiger partial charge < -0.3 is 9.84 Å². The Hall–Kier alpha value is -0.890. The lowest BCUT2D eigenvalue weighted by Gasteiger charge is -2.35. The summed E-state index contributed by atoms with van der Waals surface area (Å²) >= 11 is 3.75. The third-order valence-electron chi connectivity index (χ3n) is 6.05. The summed E-state index contributed by atoms with van der Waals surface area (Å²) in [6, 6.07) is 11.2. The lowest BCUT2D eigenvalue weighted by atomic mass is 9.88. The summed E-state index contributed by atoms with van der Waals surface area (Å²) in [4.78, 5) is 6.29. The second-order valence-corrected chi connectivity index (χ2v) is 9.92. The van der Waals surface area contributed by atoms with Gasteiger partial charge in [-0.25, -0.2) is 0 Å². The number of hydrogen-bond donors (Lipinski definition) is 1. The average molecular weight is 403 g/mol. The molecule has 0 saturated carbocycles. The number of aliphatic hydroxyl groups is 1. The number of rotatable bonds is 4. The summed E-state index contributed by atoms with van der Waals surface area (Å²) in [5.74, 6) is 0.463. The van der Waals surface area contributed by atoms with Crippen molar-refractivity contribution in [1.82, 2.24) is 9.80 Å². The molecule has 5 rings (SSSR count). The Kier molecular flexibility index (Phi) is 5.28. The van der Waals surface area contributed by atoms with Gasteiger partial charge in [0.25, 0.3) is 0 Å². The molecule has 4 nitrogen and oxygen atoms in total. The topological polar surface area (TPSA) is 35.9 Å². The van der Waals surface area contributed by atoms with E-state index in [0.717, 1.165) is 45.7 Å². The summed E-state index contributed by atoms with van der Waals surface area (Å²) in [7, 11) is 0. The first-order chi connectivity index (χ1) is 13.3. The van der Waals surface area contributed by atoms with E-state index in [1.165, 1.54) is 20.2 Å². The van der Waals surface area contributed by atoms with Crippen molar-refractivity contribution in [3.63, 3.8) is 0 Å². The van der Waals surface area contributed by atoms with Gasteiger partial charge in [-0.3, -0.25) is 9.80 Å². The lowest BCUT2D eigenvalue weighted by Crippen LogP contribution is -2.49. The highest BCUT2D eigenvalue weighted by molar-refractivity contribution is 8.01. The maximum absolute atomic E-state index is 9.12. The van der Waals surface area contributed by atoms with Crippen molar-refractivity contribution in [2.75, 3.05) is 45.9 Å². The van der Waals surface area contributed by atoms with Crippen LogP contribution in [0.1, 0.15) is 29.6 Å². The predicted molar refractivity (Wildman–Crippen MR) is 110 cm³/mol. The number of fused-ring (bicyclic) bond motifs is 5. The van der Waals surface area contributed by atoms with Gasteiger partial charge in [0.1, 0.15) is 0 Å². The van der Waals surface area contributed by atoms with E-state index in [4.69, 9.17) is 9.84 Å². The molecule has 0 spiro atoms. The molecule has 144 valence electrons. The van der Waals surface area contributed by atoms with E-state index >= 15 is 0 Å². The van der Waals surface area contributed by atoms with Crippen molar-refractivity contribution in [3.8, 4) is 0 Å². The van der Waals surface area contributed by atoms with E-state index in [9.17, 15) is 0 Å². The van der Waals surface area contributed by atoms with Gasteiger partial charge in [0.05, 0.1) is 23.0 Å². The van der Waals surface area contributed by atoms with Gasteiger partial charge in [0.15, 0.2) is 0 Å². The molecule has 4 heterocycles. The molecule has 6 heteroatoms. The molecule has 1 aromatic heterocycles. The molecule has 2 saturated heterocycles. The third kappa shape index (κ3) is 3.59. The Labute approximate surface area is 169 Å². The smallest absolute Gasteiger partial charge is 0.0918 e. The minimum atomic E-state index is 0.197. The fourth-order valence-electron chi connectivity index (χ4n) is 4.67. The van der Waals surface area contributed by atoms with Crippen LogP contribution >= 0.6 is 23.1 Å². The van der Waals surface area contributed by atoms with Crippen LogP contribution in [0.2, 0.25) is 0 Å². The zero-order valence-corrected chi connectivity index (χ0v) is 17.1. The molecular weight excluding hydrogens is 376 g/mol. The summed E-state index contributed by atoms with van der Waals surface area (Å²) in [5, 5.41) is 11.3. The van der Waals surface area contributed by atoms with Crippen molar-refractivity contribution in [2.45, 2.75) is 33.7 Å². The number of aliphatic hydroxyl groups excluding tert-OH is 1. The van der Waals surface area contributed by atoms with Gasteiger partial charge >= 0.3 is 0 Å². The largest absolute Gasteiger partial charge is 0.395 e. The number of benzene rings is 1. The Balaban J connectivity index is 1.32. The number of ether oxygens (including phenoxy) is 1. The van der Waals surface area contributed by atoms with Crippen LogP contribution in [0, 0.1) is 0 Å². The number of β-amino-alcohol motifs (C(OH)–C–C–N with tert-alkyl or cyclic N) is 1. The van der Waals surface area contributed by atoms with Crippen molar-refractivity contribution in [2.24, 2.45) is 0 Å². The number of hydrogen-bond acceptors (Lipinski definition) is 6. The van der Waals surface area contributed by atoms with Gasteiger partial charge in [-0.2, -0.15) is 0 Å². The zero-order valence-electron chi connectivity index (χ0n) is 15.4. The highest BCUT2D eigenvalue weighted by Crippen LogP contribution is 2.54. The molecule has 2 aromatic rings. The van der Waals surface area contributed by atoms with E-state index in [1.807, 2.05) is 23.1 Å². The molecule has 27 heavy (non-hydrogen) atoms. The number of thiophene rings is 1. The first kappa shape index (κ1) is 18.2. The molecule has 1 aromatic carbocycles.